The van der Waals surface area contributed by atoms with Gasteiger partial charge in [-0.15, -0.1) is 0 Å². The van der Waals surface area contributed by atoms with Crippen LogP contribution >= 0.6 is 11.6 Å². The average molecular weight is 385 g/mol. The SMILES string of the molecule is COc1ccc(NC2=C(c3ccc(C)cc3)C(=O)N(C(C)C)C2=O)cc1Cl. The Bertz CT molecular complexity index is 933. The molecule has 140 valence electrons. The number of imide groups is 1. The van der Waals surface area contributed by atoms with E-state index in [0.29, 0.717) is 27.6 Å². The Kier molecular flexibility index (Phi) is 5.24. The molecule has 1 aliphatic heterocycles. The lowest BCUT2D eigenvalue weighted by Gasteiger charge is -2.19. The summed E-state index contributed by atoms with van der Waals surface area (Å²) in [5, 5.41) is 3.50. The van der Waals surface area contributed by atoms with Crippen LogP contribution in [0.1, 0.15) is 25.0 Å². The minimum atomic E-state index is -0.350. The number of ether oxygens (including phenoxy) is 1. The molecule has 0 spiro atoms. The summed E-state index contributed by atoms with van der Waals surface area (Å²) in [6, 6.07) is 12.4. The molecular weight excluding hydrogens is 364 g/mol. The Balaban J connectivity index is 2.08. The van der Waals surface area contributed by atoms with Crippen LogP contribution in [0.25, 0.3) is 5.57 Å². The van der Waals surface area contributed by atoms with Crippen LogP contribution in [0.2, 0.25) is 5.02 Å². The average Bonchev–Trinajstić information content (AvgIpc) is 2.86. The number of methoxy groups -OCH3 is 1. The van der Waals surface area contributed by atoms with Crippen molar-refractivity contribution in [2.45, 2.75) is 26.8 Å². The van der Waals surface area contributed by atoms with Gasteiger partial charge in [0.2, 0.25) is 0 Å². The molecule has 27 heavy (non-hydrogen) atoms. The Hall–Kier alpha value is -2.79. The molecule has 0 bridgehead atoms. The fourth-order valence-electron chi connectivity index (χ4n) is 3.01. The molecule has 0 aromatic heterocycles. The highest BCUT2D eigenvalue weighted by molar-refractivity contribution is 6.37. The van der Waals surface area contributed by atoms with Gasteiger partial charge in [0, 0.05) is 11.7 Å². The Labute approximate surface area is 163 Å². The van der Waals surface area contributed by atoms with Gasteiger partial charge in [-0.3, -0.25) is 14.5 Å². The van der Waals surface area contributed by atoms with Crippen LogP contribution in [-0.4, -0.2) is 29.9 Å². The summed E-state index contributed by atoms with van der Waals surface area (Å²) in [4.78, 5) is 27.2. The van der Waals surface area contributed by atoms with Crippen LogP contribution < -0.4 is 10.1 Å². The molecule has 2 aromatic rings. The highest BCUT2D eigenvalue weighted by Crippen LogP contribution is 2.33. The number of nitrogens with zero attached hydrogens (tertiary/aromatic N) is 1. The van der Waals surface area contributed by atoms with Crippen molar-refractivity contribution in [2.75, 3.05) is 12.4 Å². The predicted molar refractivity (Wildman–Crippen MR) is 107 cm³/mol. The number of hydrogen-bond donors (Lipinski definition) is 1. The molecule has 2 aromatic carbocycles. The minimum Gasteiger partial charge on any atom is -0.495 e. The van der Waals surface area contributed by atoms with E-state index < -0.39 is 0 Å². The fraction of sp³-hybridized carbons (Fsp3) is 0.238. The van der Waals surface area contributed by atoms with Crippen molar-refractivity contribution in [2.24, 2.45) is 0 Å². The van der Waals surface area contributed by atoms with E-state index in [2.05, 4.69) is 5.32 Å². The molecule has 0 unspecified atom stereocenters. The van der Waals surface area contributed by atoms with Crippen LogP contribution in [0, 0.1) is 6.92 Å². The zero-order chi connectivity index (χ0) is 19.7. The summed E-state index contributed by atoms with van der Waals surface area (Å²) in [5.41, 5.74) is 2.99. The summed E-state index contributed by atoms with van der Waals surface area (Å²) in [6.45, 7) is 5.60. The van der Waals surface area contributed by atoms with Crippen molar-refractivity contribution in [1.29, 1.82) is 0 Å². The van der Waals surface area contributed by atoms with E-state index in [1.807, 2.05) is 45.0 Å². The number of carbonyl (C=O) groups excluding carboxylic acids is 2. The summed E-state index contributed by atoms with van der Waals surface area (Å²) >= 11 is 6.19. The van der Waals surface area contributed by atoms with Gasteiger partial charge in [0.15, 0.2) is 0 Å². The number of anilines is 1. The fourth-order valence-corrected chi connectivity index (χ4v) is 3.27. The number of benzene rings is 2. The monoisotopic (exact) mass is 384 g/mol. The third-order valence-corrected chi connectivity index (χ3v) is 4.69. The zero-order valence-electron chi connectivity index (χ0n) is 15.7. The highest BCUT2D eigenvalue weighted by atomic mass is 35.5. The standard InChI is InChI=1S/C21H21ClN2O3/c1-12(2)24-20(25)18(14-7-5-13(3)6-8-14)19(21(24)26)23-15-9-10-17(27-4)16(22)11-15/h5-12,23H,1-4H3. The molecule has 1 aliphatic rings. The van der Waals surface area contributed by atoms with Gasteiger partial charge < -0.3 is 10.1 Å². The topological polar surface area (TPSA) is 58.6 Å². The van der Waals surface area contributed by atoms with Gasteiger partial charge in [-0.05, 0) is 44.5 Å². The van der Waals surface area contributed by atoms with Crippen molar-refractivity contribution < 1.29 is 14.3 Å². The molecule has 0 saturated heterocycles. The van der Waals surface area contributed by atoms with Crippen molar-refractivity contribution in [3.8, 4) is 5.75 Å². The second kappa shape index (κ2) is 7.45. The van der Waals surface area contributed by atoms with Gasteiger partial charge in [0.25, 0.3) is 11.8 Å². The van der Waals surface area contributed by atoms with Crippen LogP contribution in [0.3, 0.4) is 0 Å². The summed E-state index contributed by atoms with van der Waals surface area (Å²) < 4.78 is 5.16. The Morgan fingerprint density at radius 2 is 1.70 bits per heavy atom. The smallest absolute Gasteiger partial charge is 0.278 e. The van der Waals surface area contributed by atoms with Crippen molar-refractivity contribution in [1.82, 2.24) is 4.90 Å². The van der Waals surface area contributed by atoms with E-state index in [-0.39, 0.29) is 23.6 Å². The number of amides is 2. The maximum absolute atomic E-state index is 13.0. The maximum Gasteiger partial charge on any atom is 0.278 e. The molecule has 0 aliphatic carbocycles. The number of aryl methyl sites for hydroxylation is 1. The Morgan fingerprint density at radius 3 is 2.26 bits per heavy atom. The van der Waals surface area contributed by atoms with Crippen molar-refractivity contribution in [3.63, 3.8) is 0 Å². The Morgan fingerprint density at radius 1 is 1.04 bits per heavy atom. The summed E-state index contributed by atoms with van der Waals surface area (Å²) in [5.74, 6) is -0.119. The lowest BCUT2D eigenvalue weighted by Crippen LogP contribution is -2.38. The van der Waals surface area contributed by atoms with E-state index >= 15 is 0 Å². The zero-order valence-corrected chi connectivity index (χ0v) is 16.4. The number of hydrogen-bond acceptors (Lipinski definition) is 4. The van der Waals surface area contributed by atoms with E-state index in [0.717, 1.165) is 5.56 Å². The first-order valence-electron chi connectivity index (χ1n) is 8.63. The van der Waals surface area contributed by atoms with Crippen LogP contribution in [0.4, 0.5) is 5.69 Å². The molecule has 0 atom stereocenters. The number of halogens is 1. The van der Waals surface area contributed by atoms with Gasteiger partial charge in [-0.2, -0.15) is 0 Å². The van der Waals surface area contributed by atoms with Crippen LogP contribution in [0.5, 0.6) is 5.75 Å². The summed E-state index contributed by atoms with van der Waals surface area (Å²) in [7, 11) is 1.53. The summed E-state index contributed by atoms with van der Waals surface area (Å²) in [6.07, 6.45) is 0. The largest absolute Gasteiger partial charge is 0.495 e. The van der Waals surface area contributed by atoms with Gasteiger partial charge in [-0.25, -0.2) is 0 Å². The van der Waals surface area contributed by atoms with Crippen LogP contribution in [-0.2, 0) is 9.59 Å². The van der Waals surface area contributed by atoms with E-state index in [1.165, 1.54) is 12.0 Å². The molecule has 0 fully saturated rings. The first-order valence-corrected chi connectivity index (χ1v) is 9.01. The number of nitrogens with one attached hydrogen (secondary N) is 1. The van der Waals surface area contributed by atoms with Crippen molar-refractivity contribution in [3.05, 3.63) is 64.3 Å². The lowest BCUT2D eigenvalue weighted by molar-refractivity contribution is -0.138. The molecule has 1 heterocycles. The van der Waals surface area contributed by atoms with E-state index in [1.54, 1.807) is 18.2 Å². The highest BCUT2D eigenvalue weighted by Gasteiger charge is 2.40. The first kappa shape index (κ1) is 19.0. The third-order valence-electron chi connectivity index (χ3n) is 4.39. The second-order valence-corrected chi connectivity index (χ2v) is 7.07. The first-order chi connectivity index (χ1) is 12.8. The van der Waals surface area contributed by atoms with Gasteiger partial charge in [0.05, 0.1) is 17.7 Å². The molecule has 1 N–H and O–H groups in total. The van der Waals surface area contributed by atoms with Gasteiger partial charge in [-0.1, -0.05) is 41.4 Å². The molecule has 2 amide bonds. The molecule has 0 saturated carbocycles. The maximum atomic E-state index is 13.0. The van der Waals surface area contributed by atoms with Gasteiger partial charge >= 0.3 is 0 Å². The molecular formula is C21H21ClN2O3. The second-order valence-electron chi connectivity index (χ2n) is 6.66. The molecule has 5 nitrogen and oxygen atoms in total. The number of carbonyl (C=O) groups is 2. The predicted octanol–water partition coefficient (Wildman–Crippen LogP) is 4.26. The van der Waals surface area contributed by atoms with Crippen molar-refractivity contribution >= 4 is 34.7 Å². The number of rotatable bonds is 5. The molecule has 3 rings (SSSR count). The van der Waals surface area contributed by atoms with E-state index in [4.69, 9.17) is 16.3 Å². The third kappa shape index (κ3) is 3.55. The molecule has 0 radical (unpaired) electrons. The lowest BCUT2D eigenvalue weighted by atomic mass is 10.0. The van der Waals surface area contributed by atoms with E-state index in [9.17, 15) is 9.59 Å². The minimum absolute atomic E-state index is 0.246. The molecule has 6 heteroatoms. The van der Waals surface area contributed by atoms with Crippen LogP contribution in [0.15, 0.2) is 48.2 Å². The normalized spacial score (nSPS) is 14.4. The van der Waals surface area contributed by atoms with Gasteiger partial charge in [0.1, 0.15) is 11.4 Å². The quantitative estimate of drug-likeness (QED) is 0.782.